The Bertz CT molecular complexity index is 554. The summed E-state index contributed by atoms with van der Waals surface area (Å²) < 4.78 is 4.70. The minimum Gasteiger partial charge on any atom is -0.466 e. The summed E-state index contributed by atoms with van der Waals surface area (Å²) in [6.07, 6.45) is -0.321. The van der Waals surface area contributed by atoms with Gasteiger partial charge in [0.15, 0.2) is 0 Å². The maximum Gasteiger partial charge on any atom is 0.315 e. The number of benzene rings is 1. The molecule has 0 bridgehead atoms. The van der Waals surface area contributed by atoms with Crippen molar-refractivity contribution in [2.75, 3.05) is 17.2 Å². The van der Waals surface area contributed by atoms with E-state index in [0.717, 1.165) is 4.90 Å². The number of nitrogens with two attached hydrogens (primary N) is 1. The fourth-order valence-electron chi connectivity index (χ4n) is 2.03. The molecule has 19 heavy (non-hydrogen) atoms. The lowest BCUT2D eigenvalue weighted by Crippen LogP contribution is -2.35. The molecule has 0 spiro atoms. The van der Waals surface area contributed by atoms with E-state index in [9.17, 15) is 14.4 Å². The number of hydrogen-bond acceptors (Lipinski definition) is 5. The molecule has 0 unspecified atom stereocenters. The molecule has 0 aromatic heterocycles. The van der Waals surface area contributed by atoms with Crippen molar-refractivity contribution < 1.29 is 19.1 Å². The predicted molar refractivity (Wildman–Crippen MR) is 68.3 cm³/mol. The molecule has 0 saturated heterocycles. The van der Waals surface area contributed by atoms with Crippen molar-refractivity contribution in [2.45, 2.75) is 19.8 Å². The Morgan fingerprint density at radius 1 is 1.42 bits per heavy atom. The van der Waals surface area contributed by atoms with Crippen LogP contribution in [0.4, 0.5) is 11.4 Å². The van der Waals surface area contributed by atoms with Gasteiger partial charge in [0, 0.05) is 5.69 Å². The third kappa shape index (κ3) is 2.57. The van der Waals surface area contributed by atoms with Gasteiger partial charge in [-0.3, -0.25) is 14.4 Å². The summed E-state index contributed by atoms with van der Waals surface area (Å²) in [4.78, 5) is 36.1. The van der Waals surface area contributed by atoms with Gasteiger partial charge in [0.05, 0.1) is 18.7 Å². The Labute approximate surface area is 110 Å². The summed E-state index contributed by atoms with van der Waals surface area (Å²) in [7, 11) is 0. The van der Waals surface area contributed by atoms with Crippen molar-refractivity contribution in [2.24, 2.45) is 0 Å². The van der Waals surface area contributed by atoms with E-state index in [-0.39, 0.29) is 18.9 Å². The van der Waals surface area contributed by atoms with Crippen molar-refractivity contribution in [3.8, 4) is 0 Å². The lowest BCUT2D eigenvalue weighted by atomic mass is 10.1. The summed E-state index contributed by atoms with van der Waals surface area (Å²) in [5.41, 5.74) is 7.35. The molecule has 6 heteroatoms. The molecule has 2 N–H and O–H groups in total. The van der Waals surface area contributed by atoms with E-state index in [0.29, 0.717) is 16.9 Å². The van der Waals surface area contributed by atoms with E-state index in [2.05, 4.69) is 0 Å². The van der Waals surface area contributed by atoms with Crippen LogP contribution in [0.2, 0.25) is 0 Å². The minimum absolute atomic E-state index is 0.120. The fourth-order valence-corrected chi connectivity index (χ4v) is 2.03. The average molecular weight is 262 g/mol. The van der Waals surface area contributed by atoms with Crippen LogP contribution in [0.1, 0.15) is 18.9 Å². The number of anilines is 2. The molecule has 1 aromatic carbocycles. The quantitative estimate of drug-likeness (QED) is 0.490. The van der Waals surface area contributed by atoms with Gasteiger partial charge in [-0.2, -0.15) is 0 Å². The Hall–Kier alpha value is -2.37. The lowest BCUT2D eigenvalue weighted by molar-refractivity contribution is -0.145. The predicted octanol–water partition coefficient (Wildman–Crippen LogP) is 0.638. The summed E-state index contributed by atoms with van der Waals surface area (Å²) in [5, 5.41) is 0. The summed E-state index contributed by atoms with van der Waals surface area (Å²) in [6, 6.07) is 4.88. The van der Waals surface area contributed by atoms with Crippen molar-refractivity contribution >= 4 is 29.2 Å². The highest BCUT2D eigenvalue weighted by Crippen LogP contribution is 2.30. The van der Waals surface area contributed by atoms with Crippen molar-refractivity contribution in [3.05, 3.63) is 23.8 Å². The summed E-state index contributed by atoms with van der Waals surface area (Å²) >= 11 is 0. The van der Waals surface area contributed by atoms with Crippen molar-refractivity contribution in [1.82, 2.24) is 0 Å². The van der Waals surface area contributed by atoms with Crippen LogP contribution in [0.3, 0.4) is 0 Å². The van der Waals surface area contributed by atoms with E-state index in [1.165, 1.54) is 0 Å². The van der Waals surface area contributed by atoms with Crippen LogP contribution in [0.15, 0.2) is 18.2 Å². The second-order valence-corrected chi connectivity index (χ2v) is 4.17. The number of nitrogen functional groups attached to an aromatic ring is 1. The first-order valence-corrected chi connectivity index (χ1v) is 5.92. The van der Waals surface area contributed by atoms with Gasteiger partial charge < -0.3 is 10.5 Å². The Balaban J connectivity index is 2.20. The highest BCUT2D eigenvalue weighted by molar-refractivity contribution is 6.22. The number of ether oxygens (including phenoxy) is 1. The molecule has 0 atom stereocenters. The topological polar surface area (TPSA) is 89.7 Å². The zero-order valence-electron chi connectivity index (χ0n) is 10.5. The molecular formula is C13H14N2O4. The molecule has 1 heterocycles. The van der Waals surface area contributed by atoms with Gasteiger partial charge in [0.25, 0.3) is 0 Å². The number of esters is 1. The largest absolute Gasteiger partial charge is 0.466 e. The SMILES string of the molecule is CCOC(=O)CC(=O)N1C(=O)Cc2cc(N)ccc21. The molecule has 0 saturated carbocycles. The molecule has 1 aliphatic heterocycles. The standard InChI is InChI=1S/C13H14N2O4/c1-2-19-13(18)7-12(17)15-10-4-3-9(14)5-8(10)6-11(15)16/h3-5H,2,6-7,14H2,1H3. The first-order valence-electron chi connectivity index (χ1n) is 5.92. The molecular weight excluding hydrogens is 248 g/mol. The van der Waals surface area contributed by atoms with Gasteiger partial charge in [-0.05, 0) is 30.7 Å². The number of nitrogens with zero attached hydrogens (tertiary/aromatic N) is 1. The second-order valence-electron chi connectivity index (χ2n) is 4.17. The fraction of sp³-hybridized carbons (Fsp3) is 0.308. The zero-order chi connectivity index (χ0) is 14.0. The van der Waals surface area contributed by atoms with E-state index in [1.807, 2.05) is 0 Å². The third-order valence-electron chi connectivity index (χ3n) is 2.79. The normalized spacial score (nSPS) is 13.3. The molecule has 0 fully saturated rings. The van der Waals surface area contributed by atoms with Gasteiger partial charge in [-0.25, -0.2) is 4.90 Å². The van der Waals surface area contributed by atoms with Gasteiger partial charge >= 0.3 is 5.97 Å². The Kier molecular flexibility index (Phi) is 3.50. The van der Waals surface area contributed by atoms with E-state index in [1.54, 1.807) is 25.1 Å². The van der Waals surface area contributed by atoms with Crippen molar-refractivity contribution in [3.63, 3.8) is 0 Å². The van der Waals surface area contributed by atoms with Gasteiger partial charge in [0.2, 0.25) is 11.8 Å². The number of hydrogen-bond donors (Lipinski definition) is 1. The lowest BCUT2D eigenvalue weighted by Gasteiger charge is -2.15. The molecule has 2 rings (SSSR count). The van der Waals surface area contributed by atoms with Gasteiger partial charge in [0.1, 0.15) is 6.42 Å². The van der Waals surface area contributed by atoms with E-state index >= 15 is 0 Å². The number of imide groups is 1. The van der Waals surface area contributed by atoms with Crippen LogP contribution >= 0.6 is 0 Å². The summed E-state index contributed by atoms with van der Waals surface area (Å²) in [5.74, 6) is -1.56. The molecule has 1 aromatic rings. The van der Waals surface area contributed by atoms with Crippen LogP contribution in [0.5, 0.6) is 0 Å². The maximum atomic E-state index is 12.0. The number of rotatable bonds is 3. The molecule has 0 aliphatic carbocycles. The highest BCUT2D eigenvalue weighted by atomic mass is 16.5. The molecule has 2 amide bonds. The van der Waals surface area contributed by atoms with Gasteiger partial charge in [-0.1, -0.05) is 0 Å². The zero-order valence-corrected chi connectivity index (χ0v) is 10.5. The number of carbonyl (C=O) groups excluding carboxylic acids is 3. The minimum atomic E-state index is -0.635. The van der Waals surface area contributed by atoms with Gasteiger partial charge in [-0.15, -0.1) is 0 Å². The number of amides is 2. The van der Waals surface area contributed by atoms with E-state index in [4.69, 9.17) is 10.5 Å². The van der Waals surface area contributed by atoms with Crippen LogP contribution < -0.4 is 10.6 Å². The maximum absolute atomic E-state index is 12.0. The summed E-state index contributed by atoms with van der Waals surface area (Å²) in [6.45, 7) is 1.86. The number of carbonyl (C=O) groups is 3. The van der Waals surface area contributed by atoms with Crippen LogP contribution in [0.25, 0.3) is 0 Å². The average Bonchev–Trinajstić information content (AvgIpc) is 2.64. The first kappa shape index (κ1) is 13.1. The Morgan fingerprint density at radius 3 is 2.84 bits per heavy atom. The van der Waals surface area contributed by atoms with Crippen LogP contribution in [0, 0.1) is 0 Å². The number of fused-ring (bicyclic) bond motifs is 1. The van der Waals surface area contributed by atoms with Crippen LogP contribution in [-0.2, 0) is 25.5 Å². The third-order valence-corrected chi connectivity index (χ3v) is 2.79. The van der Waals surface area contributed by atoms with Crippen molar-refractivity contribution in [1.29, 1.82) is 0 Å². The highest BCUT2D eigenvalue weighted by Gasteiger charge is 2.33. The molecule has 100 valence electrons. The second kappa shape index (κ2) is 5.09. The molecule has 0 radical (unpaired) electrons. The van der Waals surface area contributed by atoms with E-state index < -0.39 is 18.3 Å². The molecule has 1 aliphatic rings. The smallest absolute Gasteiger partial charge is 0.315 e. The molecule has 6 nitrogen and oxygen atoms in total. The Morgan fingerprint density at radius 2 is 2.16 bits per heavy atom. The monoisotopic (exact) mass is 262 g/mol. The first-order chi connectivity index (χ1) is 9.02. The van der Waals surface area contributed by atoms with Crippen LogP contribution in [-0.4, -0.2) is 24.4 Å².